The first-order valence-corrected chi connectivity index (χ1v) is 10.1. The summed E-state index contributed by atoms with van der Waals surface area (Å²) in [5.41, 5.74) is 0. The summed E-state index contributed by atoms with van der Waals surface area (Å²) in [6, 6.07) is 8.47. The number of quaternary nitrogens is 1. The van der Waals surface area contributed by atoms with Gasteiger partial charge in [0.2, 0.25) is 10.0 Å². The molecule has 0 spiro atoms. The highest BCUT2D eigenvalue weighted by molar-refractivity contribution is 7.89. The second-order valence-electron chi connectivity index (χ2n) is 6.63. The SMILES string of the molecule is C[C@@H](C(=O)N1CCN(S(=O)(=O)c2ccccc2)CC1)[NH+]1CCCC1. The van der Waals surface area contributed by atoms with Gasteiger partial charge >= 0.3 is 0 Å². The molecule has 3 rings (SSSR count). The molecular formula is C17H26N3O3S+. The number of carbonyl (C=O) groups is 1. The first-order chi connectivity index (χ1) is 11.5. The van der Waals surface area contributed by atoms with Crippen LogP contribution in [0.5, 0.6) is 0 Å². The van der Waals surface area contributed by atoms with E-state index in [1.807, 2.05) is 11.8 Å². The van der Waals surface area contributed by atoms with E-state index in [4.69, 9.17) is 0 Å². The van der Waals surface area contributed by atoms with Crippen molar-refractivity contribution in [2.75, 3.05) is 39.3 Å². The number of amides is 1. The number of nitrogens with one attached hydrogen (secondary N) is 1. The lowest BCUT2D eigenvalue weighted by molar-refractivity contribution is -0.902. The van der Waals surface area contributed by atoms with Gasteiger partial charge in [-0.3, -0.25) is 4.79 Å². The molecule has 132 valence electrons. The van der Waals surface area contributed by atoms with Crippen LogP contribution in [0.3, 0.4) is 0 Å². The van der Waals surface area contributed by atoms with E-state index in [9.17, 15) is 13.2 Å². The molecule has 7 heteroatoms. The average Bonchev–Trinajstić information content (AvgIpc) is 3.16. The molecular weight excluding hydrogens is 326 g/mol. The summed E-state index contributed by atoms with van der Waals surface area (Å²) in [5.74, 6) is 0.156. The molecule has 2 aliphatic heterocycles. The molecule has 24 heavy (non-hydrogen) atoms. The minimum Gasteiger partial charge on any atom is -0.335 e. The highest BCUT2D eigenvalue weighted by atomic mass is 32.2. The third-order valence-electron chi connectivity index (χ3n) is 5.16. The predicted octanol–water partition coefficient (Wildman–Crippen LogP) is -0.413. The van der Waals surface area contributed by atoms with Crippen LogP contribution in [0.4, 0.5) is 0 Å². The highest BCUT2D eigenvalue weighted by Crippen LogP contribution is 2.17. The highest BCUT2D eigenvalue weighted by Gasteiger charge is 2.35. The van der Waals surface area contributed by atoms with E-state index in [2.05, 4.69) is 0 Å². The molecule has 1 N–H and O–H groups in total. The van der Waals surface area contributed by atoms with Gasteiger partial charge in [-0.1, -0.05) is 18.2 Å². The summed E-state index contributed by atoms with van der Waals surface area (Å²) in [4.78, 5) is 16.2. The number of hydrogen-bond donors (Lipinski definition) is 1. The molecule has 0 aromatic heterocycles. The predicted molar refractivity (Wildman–Crippen MR) is 91.2 cm³/mol. The molecule has 1 atom stereocenters. The summed E-state index contributed by atoms with van der Waals surface area (Å²) < 4.78 is 26.7. The number of benzene rings is 1. The van der Waals surface area contributed by atoms with Crippen molar-refractivity contribution < 1.29 is 18.1 Å². The van der Waals surface area contributed by atoms with Crippen LogP contribution < -0.4 is 4.90 Å². The molecule has 0 unspecified atom stereocenters. The maximum Gasteiger partial charge on any atom is 0.280 e. The number of hydrogen-bond acceptors (Lipinski definition) is 3. The normalized spacial score (nSPS) is 21.8. The zero-order valence-corrected chi connectivity index (χ0v) is 15.0. The number of rotatable bonds is 4. The Morgan fingerprint density at radius 2 is 1.62 bits per heavy atom. The van der Waals surface area contributed by atoms with Gasteiger partial charge in [-0.15, -0.1) is 0 Å². The first-order valence-electron chi connectivity index (χ1n) is 8.69. The molecule has 0 radical (unpaired) electrons. The summed E-state index contributed by atoms with van der Waals surface area (Å²) in [7, 11) is -3.46. The minimum atomic E-state index is -3.46. The van der Waals surface area contributed by atoms with Crippen molar-refractivity contribution in [2.45, 2.75) is 30.7 Å². The third-order valence-corrected chi connectivity index (χ3v) is 7.07. The standard InChI is InChI=1S/C17H25N3O3S/c1-15(18-9-5-6-10-18)17(21)19-11-13-20(14-12-19)24(22,23)16-7-3-2-4-8-16/h2-4,7-8,15H,5-6,9-14H2,1H3/p+1/t15-/m0/s1. The fourth-order valence-electron chi connectivity index (χ4n) is 3.60. The van der Waals surface area contributed by atoms with Crippen LogP contribution in [0.2, 0.25) is 0 Å². The van der Waals surface area contributed by atoms with Crippen LogP contribution >= 0.6 is 0 Å². The van der Waals surface area contributed by atoms with E-state index in [0.29, 0.717) is 31.1 Å². The number of nitrogens with zero attached hydrogens (tertiary/aromatic N) is 2. The van der Waals surface area contributed by atoms with Gasteiger partial charge in [0.05, 0.1) is 18.0 Å². The molecule has 0 aliphatic carbocycles. The summed E-state index contributed by atoms with van der Waals surface area (Å²) in [5, 5.41) is 0. The first kappa shape index (κ1) is 17.4. The zero-order valence-electron chi connectivity index (χ0n) is 14.1. The van der Waals surface area contributed by atoms with Crippen molar-refractivity contribution >= 4 is 15.9 Å². The van der Waals surface area contributed by atoms with Gasteiger partial charge in [-0.25, -0.2) is 8.42 Å². The lowest BCUT2D eigenvalue weighted by Gasteiger charge is -2.35. The molecule has 2 heterocycles. The van der Waals surface area contributed by atoms with E-state index in [-0.39, 0.29) is 11.9 Å². The zero-order chi connectivity index (χ0) is 17.2. The van der Waals surface area contributed by atoms with E-state index in [1.165, 1.54) is 22.0 Å². The van der Waals surface area contributed by atoms with Crippen molar-refractivity contribution in [1.29, 1.82) is 0 Å². The van der Waals surface area contributed by atoms with Crippen molar-refractivity contribution in [2.24, 2.45) is 0 Å². The Morgan fingerprint density at radius 1 is 1.04 bits per heavy atom. The van der Waals surface area contributed by atoms with Crippen molar-refractivity contribution in [3.63, 3.8) is 0 Å². The Balaban J connectivity index is 1.60. The minimum absolute atomic E-state index is 0.0234. The van der Waals surface area contributed by atoms with Crippen molar-refractivity contribution in [3.05, 3.63) is 30.3 Å². The maximum absolute atomic E-state index is 12.6. The van der Waals surface area contributed by atoms with E-state index >= 15 is 0 Å². The number of sulfonamides is 1. The molecule has 1 amide bonds. The fourth-order valence-corrected chi connectivity index (χ4v) is 5.04. The summed E-state index contributed by atoms with van der Waals surface area (Å²) in [6.07, 6.45) is 2.38. The molecule has 1 aromatic carbocycles. The van der Waals surface area contributed by atoms with Gasteiger partial charge in [-0.05, 0) is 19.1 Å². The van der Waals surface area contributed by atoms with E-state index in [0.717, 1.165) is 13.1 Å². The molecule has 2 aliphatic rings. The van der Waals surface area contributed by atoms with E-state index in [1.54, 1.807) is 30.3 Å². The van der Waals surface area contributed by atoms with Gasteiger partial charge in [0.15, 0.2) is 6.04 Å². The van der Waals surface area contributed by atoms with Crippen LogP contribution in [0, 0.1) is 0 Å². The topological polar surface area (TPSA) is 62.1 Å². The van der Waals surface area contributed by atoms with Gasteiger partial charge in [-0.2, -0.15) is 4.31 Å². The number of piperazine rings is 1. The Kier molecular flexibility index (Phi) is 5.22. The van der Waals surface area contributed by atoms with Gasteiger partial charge < -0.3 is 9.80 Å². The second kappa shape index (κ2) is 7.21. The monoisotopic (exact) mass is 352 g/mol. The van der Waals surface area contributed by atoms with Gasteiger partial charge in [0.25, 0.3) is 5.91 Å². The Morgan fingerprint density at radius 3 is 2.21 bits per heavy atom. The Hall–Kier alpha value is -1.44. The van der Waals surface area contributed by atoms with Crippen LogP contribution in [-0.4, -0.2) is 68.8 Å². The Labute approximate surface area is 144 Å². The average molecular weight is 352 g/mol. The smallest absolute Gasteiger partial charge is 0.280 e. The molecule has 2 fully saturated rings. The van der Waals surface area contributed by atoms with Crippen molar-refractivity contribution in [3.8, 4) is 0 Å². The van der Waals surface area contributed by atoms with Crippen LogP contribution in [-0.2, 0) is 14.8 Å². The van der Waals surface area contributed by atoms with Gasteiger partial charge in [0, 0.05) is 39.0 Å². The van der Waals surface area contributed by atoms with Crippen LogP contribution in [0.15, 0.2) is 35.2 Å². The quantitative estimate of drug-likeness (QED) is 0.801. The van der Waals surface area contributed by atoms with Crippen molar-refractivity contribution in [1.82, 2.24) is 9.21 Å². The number of carbonyl (C=O) groups excluding carboxylic acids is 1. The lowest BCUT2D eigenvalue weighted by Crippen LogP contribution is -3.15. The second-order valence-corrected chi connectivity index (χ2v) is 8.57. The molecule has 6 nitrogen and oxygen atoms in total. The number of likely N-dealkylation sites (tertiary alicyclic amines) is 1. The van der Waals surface area contributed by atoms with Gasteiger partial charge in [0.1, 0.15) is 0 Å². The third kappa shape index (κ3) is 3.48. The maximum atomic E-state index is 12.6. The molecule has 0 saturated carbocycles. The fraction of sp³-hybridized carbons (Fsp3) is 0.588. The largest absolute Gasteiger partial charge is 0.335 e. The van der Waals surface area contributed by atoms with E-state index < -0.39 is 10.0 Å². The summed E-state index contributed by atoms with van der Waals surface area (Å²) >= 11 is 0. The molecule has 2 saturated heterocycles. The molecule has 0 bridgehead atoms. The van der Waals surface area contributed by atoms with Crippen LogP contribution in [0.1, 0.15) is 19.8 Å². The lowest BCUT2D eigenvalue weighted by atomic mass is 10.2. The Bertz CT molecular complexity index is 664. The van der Waals surface area contributed by atoms with Crippen LogP contribution in [0.25, 0.3) is 0 Å². The molecule has 1 aromatic rings. The summed E-state index contributed by atoms with van der Waals surface area (Å²) in [6.45, 7) is 5.81.